The van der Waals surface area contributed by atoms with E-state index in [4.69, 9.17) is 9.72 Å². The van der Waals surface area contributed by atoms with Crippen molar-refractivity contribution in [2.45, 2.75) is 6.61 Å². The Labute approximate surface area is 205 Å². The maximum atomic E-state index is 13.3. The molecule has 0 unspecified atom stereocenters. The van der Waals surface area contributed by atoms with Gasteiger partial charge in [0.2, 0.25) is 0 Å². The van der Waals surface area contributed by atoms with E-state index in [-0.39, 0.29) is 17.9 Å². The fourth-order valence-electron chi connectivity index (χ4n) is 3.74. The van der Waals surface area contributed by atoms with Crippen LogP contribution in [0.3, 0.4) is 0 Å². The van der Waals surface area contributed by atoms with E-state index >= 15 is 0 Å². The van der Waals surface area contributed by atoms with Crippen molar-refractivity contribution >= 4 is 22.8 Å². The number of non-ortho nitro benzene ring substituents is 1. The number of benzene rings is 4. The minimum Gasteiger partial charge on any atom is -0.489 e. The normalized spacial score (nSPS) is 11.1. The molecule has 0 atom stereocenters. The van der Waals surface area contributed by atoms with Crippen LogP contribution in [0.1, 0.15) is 11.1 Å². The van der Waals surface area contributed by atoms with Crippen molar-refractivity contribution in [3.63, 3.8) is 0 Å². The molecule has 8 nitrogen and oxygen atoms in total. The van der Waals surface area contributed by atoms with Crippen LogP contribution in [0.15, 0.2) is 113 Å². The van der Waals surface area contributed by atoms with Gasteiger partial charge in [-0.3, -0.25) is 14.9 Å². The Morgan fingerprint density at radius 3 is 2.53 bits per heavy atom. The summed E-state index contributed by atoms with van der Waals surface area (Å²) in [4.78, 5) is 28.5. The first kappa shape index (κ1) is 22.7. The highest BCUT2D eigenvalue weighted by molar-refractivity contribution is 5.82. The zero-order chi connectivity index (χ0) is 24.9. The van der Waals surface area contributed by atoms with Crippen LogP contribution >= 0.6 is 0 Å². The van der Waals surface area contributed by atoms with Gasteiger partial charge in [-0.1, -0.05) is 66.7 Å². The third-order valence-electron chi connectivity index (χ3n) is 5.49. The molecule has 0 N–H and O–H groups in total. The molecule has 1 aromatic heterocycles. The number of hydrogen-bond donors (Lipinski definition) is 0. The lowest BCUT2D eigenvalue weighted by Gasteiger charge is -2.10. The molecular formula is C28H20N4O4. The SMILES string of the molecule is O=c1c2ccccc2nc(-c2ccccc2)n1N=Cc1cccc(OCc2cccc([N+](=O)[O-])c2)c1. The minimum absolute atomic E-state index is 0.0145. The van der Waals surface area contributed by atoms with E-state index in [1.165, 1.54) is 16.8 Å². The molecule has 4 aromatic carbocycles. The van der Waals surface area contributed by atoms with Gasteiger partial charge in [0.25, 0.3) is 11.2 Å². The number of para-hydroxylation sites is 1. The molecule has 0 amide bonds. The lowest BCUT2D eigenvalue weighted by atomic mass is 10.2. The molecule has 0 aliphatic carbocycles. The highest BCUT2D eigenvalue weighted by atomic mass is 16.6. The highest BCUT2D eigenvalue weighted by Crippen LogP contribution is 2.20. The summed E-state index contributed by atoms with van der Waals surface area (Å²) in [5.41, 5.74) is 2.51. The summed E-state index contributed by atoms with van der Waals surface area (Å²) in [5, 5.41) is 15.9. The molecule has 0 saturated heterocycles. The zero-order valence-electron chi connectivity index (χ0n) is 19.0. The van der Waals surface area contributed by atoms with E-state index in [1.807, 2.05) is 48.5 Å². The van der Waals surface area contributed by atoms with E-state index in [9.17, 15) is 14.9 Å². The second-order valence-corrected chi connectivity index (χ2v) is 7.97. The number of fused-ring (bicyclic) bond motifs is 1. The molecule has 1 heterocycles. The maximum absolute atomic E-state index is 13.3. The van der Waals surface area contributed by atoms with Gasteiger partial charge < -0.3 is 4.74 Å². The summed E-state index contributed by atoms with van der Waals surface area (Å²) in [6.07, 6.45) is 1.57. The summed E-state index contributed by atoms with van der Waals surface area (Å²) in [6.45, 7) is 0.175. The van der Waals surface area contributed by atoms with E-state index in [0.29, 0.717) is 33.6 Å². The molecule has 5 rings (SSSR count). The van der Waals surface area contributed by atoms with Crippen molar-refractivity contribution in [3.05, 3.63) is 135 Å². The van der Waals surface area contributed by atoms with Gasteiger partial charge in [0.05, 0.1) is 22.0 Å². The molecule has 0 fully saturated rings. The highest BCUT2D eigenvalue weighted by Gasteiger charge is 2.12. The Hall–Kier alpha value is -5.11. The van der Waals surface area contributed by atoms with Gasteiger partial charge >= 0.3 is 0 Å². The van der Waals surface area contributed by atoms with Gasteiger partial charge in [0.1, 0.15) is 12.4 Å². The third kappa shape index (κ3) is 4.88. The molecule has 176 valence electrons. The summed E-state index contributed by atoms with van der Waals surface area (Å²) >= 11 is 0. The molecule has 0 saturated carbocycles. The average Bonchev–Trinajstić information content (AvgIpc) is 2.92. The van der Waals surface area contributed by atoms with Crippen LogP contribution in [0, 0.1) is 10.1 Å². The van der Waals surface area contributed by atoms with E-state index in [2.05, 4.69) is 5.10 Å². The van der Waals surface area contributed by atoms with Crippen LogP contribution in [0.5, 0.6) is 5.75 Å². The van der Waals surface area contributed by atoms with Crippen molar-refractivity contribution in [2.24, 2.45) is 5.10 Å². The van der Waals surface area contributed by atoms with Gasteiger partial charge in [-0.25, -0.2) is 4.98 Å². The zero-order valence-corrected chi connectivity index (χ0v) is 19.0. The van der Waals surface area contributed by atoms with Gasteiger partial charge in [0.15, 0.2) is 5.82 Å². The van der Waals surface area contributed by atoms with Gasteiger partial charge in [-0.2, -0.15) is 9.78 Å². The van der Waals surface area contributed by atoms with Crippen molar-refractivity contribution < 1.29 is 9.66 Å². The number of nitrogens with zero attached hydrogens (tertiary/aromatic N) is 4. The lowest BCUT2D eigenvalue weighted by molar-refractivity contribution is -0.384. The second kappa shape index (κ2) is 10.0. The average molecular weight is 476 g/mol. The Bertz CT molecular complexity index is 1650. The summed E-state index contributed by atoms with van der Waals surface area (Å²) < 4.78 is 7.13. The predicted octanol–water partition coefficient (Wildman–Crippen LogP) is 5.43. The summed E-state index contributed by atoms with van der Waals surface area (Å²) in [7, 11) is 0. The first-order valence-electron chi connectivity index (χ1n) is 11.2. The largest absolute Gasteiger partial charge is 0.489 e. The van der Waals surface area contributed by atoms with E-state index in [1.54, 1.807) is 48.7 Å². The van der Waals surface area contributed by atoms with E-state index < -0.39 is 4.92 Å². The summed E-state index contributed by atoms with van der Waals surface area (Å²) in [6, 6.07) is 30.1. The Morgan fingerprint density at radius 2 is 1.69 bits per heavy atom. The smallest absolute Gasteiger partial charge is 0.282 e. The van der Waals surface area contributed by atoms with Crippen molar-refractivity contribution in [3.8, 4) is 17.1 Å². The molecule has 5 aromatic rings. The number of rotatable bonds is 7. The maximum Gasteiger partial charge on any atom is 0.282 e. The van der Waals surface area contributed by atoms with Crippen LogP contribution in [-0.2, 0) is 6.61 Å². The van der Waals surface area contributed by atoms with Gasteiger partial charge in [0, 0.05) is 17.7 Å². The van der Waals surface area contributed by atoms with Gasteiger partial charge in [-0.15, -0.1) is 0 Å². The molecular weight excluding hydrogens is 456 g/mol. The monoisotopic (exact) mass is 476 g/mol. The molecule has 0 radical (unpaired) electrons. The molecule has 0 aliphatic rings. The molecule has 8 heteroatoms. The Kier molecular flexibility index (Phi) is 6.31. The number of nitro benzene ring substituents is 1. The third-order valence-corrected chi connectivity index (χ3v) is 5.49. The first-order chi connectivity index (χ1) is 17.6. The molecule has 0 bridgehead atoms. The molecule has 36 heavy (non-hydrogen) atoms. The number of nitro groups is 1. The summed E-state index contributed by atoms with van der Waals surface area (Å²) in [5.74, 6) is 1.01. The van der Waals surface area contributed by atoms with Crippen LogP contribution in [0.2, 0.25) is 0 Å². The predicted molar refractivity (Wildman–Crippen MR) is 138 cm³/mol. The van der Waals surface area contributed by atoms with E-state index in [0.717, 1.165) is 5.56 Å². The fraction of sp³-hybridized carbons (Fsp3) is 0.0357. The first-order valence-corrected chi connectivity index (χ1v) is 11.2. The van der Waals surface area contributed by atoms with Crippen LogP contribution in [0.25, 0.3) is 22.3 Å². The fourth-order valence-corrected chi connectivity index (χ4v) is 3.74. The molecule has 0 spiro atoms. The standard InChI is InChI=1S/C28H20N4O4/c33-28-25-14-4-5-15-26(25)30-27(22-10-2-1-3-11-22)31(28)29-18-20-8-7-13-24(17-20)36-19-21-9-6-12-23(16-21)32(34)35/h1-18H,19H2. The van der Waals surface area contributed by atoms with Crippen molar-refractivity contribution in [1.82, 2.24) is 9.66 Å². The molecule has 0 aliphatic heterocycles. The number of ether oxygens (including phenoxy) is 1. The topological polar surface area (TPSA) is 99.6 Å². The second-order valence-electron chi connectivity index (χ2n) is 7.97. The quantitative estimate of drug-likeness (QED) is 0.177. The number of aromatic nitrogens is 2. The van der Waals surface area contributed by atoms with Crippen LogP contribution in [0.4, 0.5) is 5.69 Å². The lowest BCUT2D eigenvalue weighted by Crippen LogP contribution is -2.20. The van der Waals surface area contributed by atoms with Crippen molar-refractivity contribution in [2.75, 3.05) is 0 Å². The number of hydrogen-bond acceptors (Lipinski definition) is 6. The van der Waals surface area contributed by atoms with Crippen molar-refractivity contribution in [1.29, 1.82) is 0 Å². The van der Waals surface area contributed by atoms with Gasteiger partial charge in [-0.05, 0) is 35.4 Å². The van der Waals surface area contributed by atoms with Crippen LogP contribution < -0.4 is 10.3 Å². The Balaban J connectivity index is 1.45. The minimum atomic E-state index is -0.437. The van der Waals surface area contributed by atoms with Crippen LogP contribution in [-0.4, -0.2) is 20.8 Å². The Morgan fingerprint density at radius 1 is 0.917 bits per heavy atom.